The third kappa shape index (κ3) is 5.23. The summed E-state index contributed by atoms with van der Waals surface area (Å²) in [5, 5.41) is 5.12. The molecule has 0 spiro atoms. The van der Waals surface area contributed by atoms with Crippen LogP contribution >= 0.6 is 11.3 Å². The number of fused-ring (bicyclic) bond motifs is 1. The van der Waals surface area contributed by atoms with Gasteiger partial charge in [0.2, 0.25) is 5.95 Å². The van der Waals surface area contributed by atoms with Crippen molar-refractivity contribution in [2.45, 2.75) is 39.3 Å². The summed E-state index contributed by atoms with van der Waals surface area (Å²) in [5.41, 5.74) is 4.80. The minimum atomic E-state index is -0.315. The maximum absolute atomic E-state index is 13.4. The lowest BCUT2D eigenvalue weighted by Gasteiger charge is -2.37. The van der Waals surface area contributed by atoms with Crippen LogP contribution < -0.4 is 10.2 Å². The minimum Gasteiger partial charge on any atom is -0.459 e. The number of hydrogen-bond acceptors (Lipinski definition) is 7. The van der Waals surface area contributed by atoms with Crippen LogP contribution in [0.15, 0.2) is 66.0 Å². The van der Waals surface area contributed by atoms with Crippen LogP contribution in [-0.4, -0.2) is 22.5 Å². The lowest BCUT2D eigenvalue weighted by Crippen LogP contribution is -2.35. The molecule has 4 aromatic rings. The average molecular weight is 503 g/mol. The van der Waals surface area contributed by atoms with Gasteiger partial charge in [0.15, 0.2) is 0 Å². The number of rotatable bonds is 7. The first-order chi connectivity index (χ1) is 17.5. The summed E-state index contributed by atoms with van der Waals surface area (Å²) in [7, 11) is 0. The molecule has 184 valence electrons. The highest BCUT2D eigenvalue weighted by Gasteiger charge is 2.27. The number of carbonyl (C=O) groups excluding carboxylic acids is 1. The van der Waals surface area contributed by atoms with Crippen LogP contribution in [-0.2, 0) is 29.0 Å². The monoisotopic (exact) mass is 502 g/mol. The smallest absolute Gasteiger partial charge is 0.311 e. The molecule has 0 aliphatic carbocycles. The van der Waals surface area contributed by atoms with Gasteiger partial charge in [-0.25, -0.2) is 9.37 Å². The number of nitrogens with zero attached hydrogens (tertiary/aromatic N) is 3. The molecule has 5 rings (SSSR count). The fourth-order valence-electron chi connectivity index (χ4n) is 4.50. The fourth-order valence-corrected chi connectivity index (χ4v) is 5.20. The van der Waals surface area contributed by atoms with Gasteiger partial charge in [0, 0.05) is 22.7 Å². The van der Waals surface area contributed by atoms with Gasteiger partial charge in [0.1, 0.15) is 18.2 Å². The van der Waals surface area contributed by atoms with E-state index in [9.17, 15) is 9.18 Å². The first-order valence-corrected chi connectivity index (χ1v) is 12.8. The van der Waals surface area contributed by atoms with Crippen LogP contribution in [0.2, 0.25) is 0 Å². The molecular weight excluding hydrogens is 475 g/mol. The van der Waals surface area contributed by atoms with Crippen molar-refractivity contribution in [3.63, 3.8) is 0 Å². The van der Waals surface area contributed by atoms with Crippen molar-refractivity contribution in [1.29, 1.82) is 0 Å². The second-order valence-corrected chi connectivity index (χ2v) is 9.84. The minimum absolute atomic E-state index is 0.0441. The van der Waals surface area contributed by atoms with Gasteiger partial charge in [-0.15, -0.1) is 11.3 Å². The molecule has 1 atom stereocenters. The number of anilines is 3. The van der Waals surface area contributed by atoms with Gasteiger partial charge in [-0.1, -0.05) is 30.3 Å². The van der Waals surface area contributed by atoms with Crippen molar-refractivity contribution >= 4 is 34.8 Å². The van der Waals surface area contributed by atoms with Gasteiger partial charge >= 0.3 is 5.97 Å². The molecule has 36 heavy (non-hydrogen) atoms. The first kappa shape index (κ1) is 23.9. The SMILES string of the molecule is Cc1c(COC(=O)Cc2cccs2)nc(Nc2ccc(F)cc2)nc1N1CCc2ccccc2C1C. The number of hydrogen-bond donors (Lipinski definition) is 1. The van der Waals surface area contributed by atoms with E-state index in [0.29, 0.717) is 17.3 Å². The van der Waals surface area contributed by atoms with E-state index in [0.717, 1.165) is 29.2 Å². The zero-order valence-electron chi connectivity index (χ0n) is 20.2. The number of thiophene rings is 1. The summed E-state index contributed by atoms with van der Waals surface area (Å²) in [6.45, 7) is 4.99. The Morgan fingerprint density at radius 2 is 1.94 bits per heavy atom. The number of esters is 1. The second kappa shape index (κ2) is 10.5. The number of halogens is 1. The average Bonchev–Trinajstić information content (AvgIpc) is 3.39. The van der Waals surface area contributed by atoms with Crippen molar-refractivity contribution in [2.24, 2.45) is 0 Å². The summed E-state index contributed by atoms with van der Waals surface area (Å²) < 4.78 is 19.0. The molecule has 6 nitrogen and oxygen atoms in total. The Hall–Kier alpha value is -3.78. The number of benzene rings is 2. The van der Waals surface area contributed by atoms with Crippen LogP contribution in [0.1, 0.15) is 40.2 Å². The first-order valence-electron chi connectivity index (χ1n) is 11.9. The highest BCUT2D eigenvalue weighted by atomic mass is 32.1. The van der Waals surface area contributed by atoms with E-state index >= 15 is 0 Å². The van der Waals surface area contributed by atoms with Gasteiger partial charge in [-0.05, 0) is 67.1 Å². The van der Waals surface area contributed by atoms with Gasteiger partial charge in [0.05, 0.1) is 18.2 Å². The number of nitrogens with one attached hydrogen (secondary N) is 1. The van der Waals surface area contributed by atoms with E-state index in [1.54, 1.807) is 12.1 Å². The molecule has 2 aromatic carbocycles. The van der Waals surface area contributed by atoms with Crippen LogP contribution in [0, 0.1) is 12.7 Å². The van der Waals surface area contributed by atoms with E-state index in [-0.39, 0.29) is 30.9 Å². The topological polar surface area (TPSA) is 67.3 Å². The largest absolute Gasteiger partial charge is 0.459 e. The lowest BCUT2D eigenvalue weighted by atomic mass is 9.93. The Balaban J connectivity index is 1.45. The molecule has 0 radical (unpaired) electrons. The van der Waals surface area contributed by atoms with Gasteiger partial charge < -0.3 is 15.0 Å². The molecule has 0 saturated heterocycles. The summed E-state index contributed by atoms with van der Waals surface area (Å²) in [6, 6.07) is 18.5. The van der Waals surface area contributed by atoms with Crippen LogP contribution in [0.3, 0.4) is 0 Å². The second-order valence-electron chi connectivity index (χ2n) is 8.81. The highest BCUT2D eigenvalue weighted by Crippen LogP contribution is 2.35. The van der Waals surface area contributed by atoms with E-state index in [1.807, 2.05) is 24.4 Å². The van der Waals surface area contributed by atoms with Crippen LogP contribution in [0.4, 0.5) is 21.8 Å². The third-order valence-electron chi connectivity index (χ3n) is 6.46. The zero-order chi connectivity index (χ0) is 25.1. The molecule has 1 aliphatic heterocycles. The van der Waals surface area contributed by atoms with E-state index < -0.39 is 0 Å². The summed E-state index contributed by atoms with van der Waals surface area (Å²) in [5.74, 6) is 0.550. The van der Waals surface area contributed by atoms with Gasteiger partial charge in [-0.3, -0.25) is 4.79 Å². The van der Waals surface area contributed by atoms with Crippen LogP contribution in [0.25, 0.3) is 0 Å². The van der Waals surface area contributed by atoms with E-state index in [2.05, 4.69) is 46.4 Å². The molecule has 1 unspecified atom stereocenters. The molecule has 0 bridgehead atoms. The summed E-state index contributed by atoms with van der Waals surface area (Å²) in [6.07, 6.45) is 1.14. The number of ether oxygens (including phenoxy) is 1. The maximum Gasteiger partial charge on any atom is 0.311 e. The molecule has 0 saturated carbocycles. The Morgan fingerprint density at radius 1 is 1.14 bits per heavy atom. The predicted molar refractivity (Wildman–Crippen MR) is 140 cm³/mol. The number of carbonyl (C=O) groups is 1. The molecule has 2 aromatic heterocycles. The molecule has 1 N–H and O–H groups in total. The zero-order valence-corrected chi connectivity index (χ0v) is 21.0. The van der Waals surface area contributed by atoms with Crippen molar-refractivity contribution < 1.29 is 13.9 Å². The van der Waals surface area contributed by atoms with Crippen molar-refractivity contribution in [1.82, 2.24) is 9.97 Å². The standard InChI is InChI=1S/C28H27FN4O2S/c1-18-25(17-35-26(34)16-23-7-5-15-36-23)31-28(30-22-11-9-21(29)10-12-22)32-27(18)33-14-13-20-6-3-4-8-24(20)19(33)2/h3-12,15,19H,13-14,16-17H2,1-2H3,(H,30,31,32). The molecule has 3 heterocycles. The lowest BCUT2D eigenvalue weighted by molar-refractivity contribution is -0.144. The van der Waals surface area contributed by atoms with Crippen molar-refractivity contribution in [3.8, 4) is 0 Å². The van der Waals surface area contributed by atoms with Crippen LogP contribution in [0.5, 0.6) is 0 Å². The number of aromatic nitrogens is 2. The fraction of sp³-hybridized carbons (Fsp3) is 0.250. The van der Waals surface area contributed by atoms with Gasteiger partial charge in [-0.2, -0.15) is 4.98 Å². The highest BCUT2D eigenvalue weighted by molar-refractivity contribution is 7.10. The molecule has 0 amide bonds. The Labute approximate surface area is 213 Å². The maximum atomic E-state index is 13.4. The Morgan fingerprint density at radius 3 is 2.72 bits per heavy atom. The van der Waals surface area contributed by atoms with E-state index in [1.165, 1.54) is 34.6 Å². The predicted octanol–water partition coefficient (Wildman–Crippen LogP) is 6.14. The van der Waals surface area contributed by atoms with Gasteiger partial charge in [0.25, 0.3) is 0 Å². The third-order valence-corrected chi connectivity index (χ3v) is 7.33. The Kier molecular flexibility index (Phi) is 6.95. The van der Waals surface area contributed by atoms with Crippen molar-refractivity contribution in [3.05, 3.63) is 99.1 Å². The molecular formula is C28H27FN4O2S. The quantitative estimate of drug-likeness (QED) is 0.306. The molecule has 8 heteroatoms. The summed E-state index contributed by atoms with van der Waals surface area (Å²) in [4.78, 5) is 25.2. The normalized spacial score (nSPS) is 14.9. The molecule has 0 fully saturated rings. The van der Waals surface area contributed by atoms with Crippen molar-refractivity contribution in [2.75, 3.05) is 16.8 Å². The van der Waals surface area contributed by atoms with E-state index in [4.69, 9.17) is 9.72 Å². The molecule has 1 aliphatic rings. The Bertz CT molecular complexity index is 1360. The summed E-state index contributed by atoms with van der Waals surface area (Å²) >= 11 is 1.53.